The lowest BCUT2D eigenvalue weighted by Crippen LogP contribution is -2.32. The highest BCUT2D eigenvalue weighted by Gasteiger charge is 2.27. The van der Waals surface area contributed by atoms with Gasteiger partial charge in [-0.15, -0.1) is 0 Å². The molecule has 1 unspecified atom stereocenters. The van der Waals surface area contributed by atoms with Crippen LogP contribution in [-0.2, 0) is 9.53 Å². The zero-order valence-corrected chi connectivity index (χ0v) is 11.0. The number of carbonyl (C=O) groups is 2. The predicted octanol–water partition coefficient (Wildman–Crippen LogP) is 2.81. The fourth-order valence-corrected chi connectivity index (χ4v) is 2.21. The average molecular weight is 273 g/mol. The third-order valence-electron chi connectivity index (χ3n) is 3.11. The van der Waals surface area contributed by atoms with E-state index in [0.29, 0.717) is 6.42 Å². The molecule has 0 bridgehead atoms. The number of hydrogen-bond donors (Lipinski definition) is 1. The number of fused-ring (bicyclic) bond motifs is 1. The van der Waals surface area contributed by atoms with E-state index < -0.39 is 12.1 Å². The van der Waals surface area contributed by atoms with Crippen LogP contribution in [0.2, 0.25) is 0 Å². The molecule has 1 aromatic carbocycles. The average Bonchev–Trinajstić information content (AvgIpc) is 2.46. The SMILES string of the molecule is COC(=O)N1C=Cc2ccccc2C1C/C=C/C(=O)O. The molecule has 0 saturated heterocycles. The zero-order valence-electron chi connectivity index (χ0n) is 11.0. The highest BCUT2D eigenvalue weighted by Crippen LogP contribution is 2.33. The summed E-state index contributed by atoms with van der Waals surface area (Å²) in [6, 6.07) is 7.42. The minimum Gasteiger partial charge on any atom is -0.478 e. The van der Waals surface area contributed by atoms with Crippen LogP contribution in [0.25, 0.3) is 6.08 Å². The Balaban J connectivity index is 2.31. The van der Waals surface area contributed by atoms with Crippen molar-refractivity contribution in [2.24, 2.45) is 0 Å². The van der Waals surface area contributed by atoms with Crippen molar-refractivity contribution in [1.29, 1.82) is 0 Å². The van der Waals surface area contributed by atoms with Gasteiger partial charge in [0.25, 0.3) is 0 Å². The van der Waals surface area contributed by atoms with E-state index in [0.717, 1.165) is 17.2 Å². The van der Waals surface area contributed by atoms with E-state index in [2.05, 4.69) is 0 Å². The number of carboxylic acid groups (broad SMARTS) is 1. The van der Waals surface area contributed by atoms with Crippen molar-refractivity contribution < 1.29 is 19.4 Å². The summed E-state index contributed by atoms with van der Waals surface area (Å²) in [5.74, 6) is -1.01. The minimum absolute atomic E-state index is 0.265. The molecule has 5 nitrogen and oxygen atoms in total. The first-order chi connectivity index (χ1) is 9.63. The van der Waals surface area contributed by atoms with Gasteiger partial charge in [0.05, 0.1) is 13.2 Å². The van der Waals surface area contributed by atoms with Crippen molar-refractivity contribution in [1.82, 2.24) is 4.90 Å². The van der Waals surface area contributed by atoms with Crippen molar-refractivity contribution in [3.8, 4) is 0 Å². The molecule has 1 heterocycles. The first-order valence-electron chi connectivity index (χ1n) is 6.16. The molecule has 0 radical (unpaired) electrons. The molecule has 5 heteroatoms. The van der Waals surface area contributed by atoms with E-state index in [1.54, 1.807) is 12.3 Å². The molecule has 2 rings (SSSR count). The van der Waals surface area contributed by atoms with Gasteiger partial charge < -0.3 is 9.84 Å². The van der Waals surface area contributed by atoms with Gasteiger partial charge in [-0.2, -0.15) is 0 Å². The molecule has 20 heavy (non-hydrogen) atoms. The van der Waals surface area contributed by atoms with E-state index in [4.69, 9.17) is 9.84 Å². The number of carbonyl (C=O) groups excluding carboxylic acids is 1. The van der Waals surface area contributed by atoms with Gasteiger partial charge in [0, 0.05) is 12.3 Å². The van der Waals surface area contributed by atoms with Crippen LogP contribution in [0.3, 0.4) is 0 Å². The molecule has 1 amide bonds. The highest BCUT2D eigenvalue weighted by atomic mass is 16.5. The van der Waals surface area contributed by atoms with E-state index in [-0.39, 0.29) is 6.04 Å². The summed E-state index contributed by atoms with van der Waals surface area (Å²) in [5.41, 5.74) is 1.98. The summed E-state index contributed by atoms with van der Waals surface area (Å²) in [7, 11) is 1.32. The Morgan fingerprint density at radius 2 is 2.15 bits per heavy atom. The van der Waals surface area contributed by atoms with Crippen LogP contribution in [0.5, 0.6) is 0 Å². The molecule has 1 aromatic rings. The number of aliphatic carboxylic acids is 1. The zero-order chi connectivity index (χ0) is 14.5. The number of carboxylic acids is 1. The van der Waals surface area contributed by atoms with Gasteiger partial charge in [0.1, 0.15) is 0 Å². The van der Waals surface area contributed by atoms with Gasteiger partial charge in [-0.05, 0) is 23.6 Å². The number of amides is 1. The minimum atomic E-state index is -1.01. The molecule has 1 aliphatic rings. The van der Waals surface area contributed by atoms with Crippen LogP contribution >= 0.6 is 0 Å². The van der Waals surface area contributed by atoms with E-state index in [9.17, 15) is 9.59 Å². The molecule has 0 aromatic heterocycles. The predicted molar refractivity (Wildman–Crippen MR) is 73.9 cm³/mol. The van der Waals surface area contributed by atoms with Crippen LogP contribution < -0.4 is 0 Å². The number of ether oxygens (including phenoxy) is 1. The third-order valence-corrected chi connectivity index (χ3v) is 3.11. The topological polar surface area (TPSA) is 66.8 Å². The largest absolute Gasteiger partial charge is 0.478 e. The van der Waals surface area contributed by atoms with Crippen molar-refractivity contribution in [2.75, 3.05) is 7.11 Å². The summed E-state index contributed by atoms with van der Waals surface area (Å²) >= 11 is 0. The molecule has 0 aliphatic carbocycles. The Kier molecular flexibility index (Phi) is 4.20. The lowest BCUT2D eigenvalue weighted by molar-refractivity contribution is -0.131. The summed E-state index contributed by atoms with van der Waals surface area (Å²) in [6.45, 7) is 0. The lowest BCUT2D eigenvalue weighted by Gasteiger charge is -2.31. The van der Waals surface area contributed by atoms with Gasteiger partial charge in [-0.25, -0.2) is 9.59 Å². The van der Waals surface area contributed by atoms with Gasteiger partial charge in [0.15, 0.2) is 0 Å². The third kappa shape index (κ3) is 2.88. The van der Waals surface area contributed by atoms with Gasteiger partial charge in [0.2, 0.25) is 0 Å². The number of methoxy groups -OCH3 is 1. The van der Waals surface area contributed by atoms with E-state index in [1.807, 2.05) is 30.3 Å². The quantitative estimate of drug-likeness (QED) is 0.860. The second-order valence-corrected chi connectivity index (χ2v) is 4.31. The smallest absolute Gasteiger partial charge is 0.414 e. The number of rotatable bonds is 3. The van der Waals surface area contributed by atoms with Crippen molar-refractivity contribution in [3.63, 3.8) is 0 Å². The second kappa shape index (κ2) is 6.06. The molecule has 0 spiro atoms. The molecule has 1 atom stereocenters. The van der Waals surface area contributed by atoms with E-state index >= 15 is 0 Å². The molecule has 0 fully saturated rings. The number of benzene rings is 1. The molecule has 1 N–H and O–H groups in total. The molecular formula is C15H15NO4. The normalized spacial score (nSPS) is 17.1. The van der Waals surface area contributed by atoms with Crippen LogP contribution in [0, 0.1) is 0 Å². The fraction of sp³-hybridized carbons (Fsp3) is 0.200. The van der Waals surface area contributed by atoms with Crippen molar-refractivity contribution >= 4 is 18.1 Å². The summed E-state index contributed by atoms with van der Waals surface area (Å²) in [4.78, 5) is 23.8. The molecule has 1 aliphatic heterocycles. The van der Waals surface area contributed by atoms with Gasteiger partial charge >= 0.3 is 12.1 Å². The molecular weight excluding hydrogens is 258 g/mol. The Hall–Kier alpha value is -2.56. The lowest BCUT2D eigenvalue weighted by atomic mass is 9.94. The Labute approximate surface area is 116 Å². The summed E-state index contributed by atoms with van der Waals surface area (Å²) in [5, 5.41) is 8.65. The molecule has 104 valence electrons. The monoisotopic (exact) mass is 273 g/mol. The van der Waals surface area contributed by atoms with E-state index in [1.165, 1.54) is 12.0 Å². The molecule has 0 saturated carbocycles. The maximum atomic E-state index is 11.8. The summed E-state index contributed by atoms with van der Waals surface area (Å²) in [6.07, 6.45) is 6.05. The maximum absolute atomic E-state index is 11.8. The standard InChI is InChI=1S/C15H15NO4/c1-20-15(19)16-10-9-11-5-2-3-6-12(11)13(16)7-4-8-14(17)18/h2-6,8-10,13H,7H2,1H3,(H,17,18)/b8-4+. The van der Waals surface area contributed by atoms with Crippen molar-refractivity contribution in [2.45, 2.75) is 12.5 Å². The van der Waals surface area contributed by atoms with Crippen LogP contribution in [0.1, 0.15) is 23.6 Å². The summed E-state index contributed by atoms with van der Waals surface area (Å²) < 4.78 is 4.76. The van der Waals surface area contributed by atoms with Crippen LogP contribution in [0.4, 0.5) is 4.79 Å². The van der Waals surface area contributed by atoms with Crippen molar-refractivity contribution in [3.05, 3.63) is 53.7 Å². The number of hydrogen-bond acceptors (Lipinski definition) is 3. The van der Waals surface area contributed by atoms with Gasteiger partial charge in [-0.1, -0.05) is 30.3 Å². The van der Waals surface area contributed by atoms with Crippen LogP contribution in [0.15, 0.2) is 42.6 Å². The Morgan fingerprint density at radius 1 is 1.40 bits per heavy atom. The Bertz CT molecular complexity index is 577. The van der Waals surface area contributed by atoms with Gasteiger partial charge in [-0.3, -0.25) is 4.90 Å². The maximum Gasteiger partial charge on any atom is 0.414 e. The second-order valence-electron chi connectivity index (χ2n) is 4.31. The highest BCUT2D eigenvalue weighted by molar-refractivity contribution is 5.79. The first kappa shape index (κ1) is 13.9. The fourth-order valence-electron chi connectivity index (χ4n) is 2.21. The number of nitrogens with zero attached hydrogens (tertiary/aromatic N) is 1. The Morgan fingerprint density at radius 3 is 2.85 bits per heavy atom. The first-order valence-corrected chi connectivity index (χ1v) is 6.16. The van der Waals surface area contributed by atoms with Crippen LogP contribution in [-0.4, -0.2) is 29.2 Å².